The molecule has 23 heavy (non-hydrogen) atoms. The predicted octanol–water partition coefficient (Wildman–Crippen LogP) is 5.18. The summed E-state index contributed by atoms with van der Waals surface area (Å²) in [4.78, 5) is 16.5. The number of nitrogens with zero attached hydrogens (tertiary/aromatic N) is 1. The van der Waals surface area contributed by atoms with Crippen molar-refractivity contribution >= 4 is 39.1 Å². The minimum absolute atomic E-state index is 0.00200. The van der Waals surface area contributed by atoms with E-state index in [1.165, 1.54) is 11.8 Å². The minimum Gasteiger partial charge on any atom is -0.494 e. The molecule has 2 aromatic carbocycles. The molecule has 0 saturated heterocycles. The van der Waals surface area contributed by atoms with Crippen LogP contribution in [0, 0.1) is 0 Å². The van der Waals surface area contributed by atoms with Gasteiger partial charge in [-0.2, -0.15) is 0 Å². The summed E-state index contributed by atoms with van der Waals surface area (Å²) in [5.41, 5.74) is 1.64. The Hall–Kier alpha value is -2.11. The Labute approximate surface area is 143 Å². The number of carbonyl (C=O) groups is 1. The lowest BCUT2D eigenvalue weighted by molar-refractivity contribution is 0.104. The Morgan fingerprint density at radius 3 is 2.87 bits per heavy atom. The van der Waals surface area contributed by atoms with E-state index >= 15 is 0 Å². The molecule has 0 unspecified atom stereocenters. The van der Waals surface area contributed by atoms with Crippen molar-refractivity contribution in [3.05, 3.63) is 65.6 Å². The van der Waals surface area contributed by atoms with Crippen molar-refractivity contribution in [1.82, 2.24) is 4.98 Å². The van der Waals surface area contributed by atoms with Crippen LogP contribution in [0.5, 0.6) is 5.75 Å². The van der Waals surface area contributed by atoms with Gasteiger partial charge in [-0.05, 0) is 36.6 Å². The van der Waals surface area contributed by atoms with Gasteiger partial charge in [-0.3, -0.25) is 4.79 Å². The van der Waals surface area contributed by atoms with Gasteiger partial charge in [0.15, 0.2) is 10.1 Å². The Balaban J connectivity index is 1.69. The fourth-order valence-corrected chi connectivity index (χ4v) is 3.86. The van der Waals surface area contributed by atoms with E-state index in [0.29, 0.717) is 12.2 Å². The predicted molar refractivity (Wildman–Crippen MR) is 96.6 cm³/mol. The fraction of sp³-hybridized carbons (Fsp3) is 0.111. The quantitative estimate of drug-likeness (QED) is 0.352. The zero-order valence-electron chi connectivity index (χ0n) is 12.6. The second kappa shape index (κ2) is 7.44. The summed E-state index contributed by atoms with van der Waals surface area (Å²) in [6.45, 7) is 2.61. The monoisotopic (exact) mass is 341 g/mol. The molecule has 0 atom stereocenters. The molecule has 5 heteroatoms. The molecule has 3 nitrogen and oxygen atoms in total. The first-order valence-electron chi connectivity index (χ1n) is 7.22. The number of benzene rings is 2. The van der Waals surface area contributed by atoms with Crippen molar-refractivity contribution < 1.29 is 9.53 Å². The third-order valence-corrected chi connectivity index (χ3v) is 5.01. The van der Waals surface area contributed by atoms with Gasteiger partial charge in [-0.15, -0.1) is 11.3 Å². The first-order chi connectivity index (χ1) is 11.3. The van der Waals surface area contributed by atoms with Gasteiger partial charge >= 0.3 is 0 Å². The number of allylic oxidation sites excluding steroid dienone is 1. The maximum atomic E-state index is 12.0. The van der Waals surface area contributed by atoms with Crippen LogP contribution in [-0.2, 0) is 0 Å². The standard InChI is InChI=1S/C18H15NO2S2/c1-2-21-14-8-9-15-17(12-14)23-18(19-15)22-11-10-16(20)13-6-4-3-5-7-13/h3-12H,2H2,1H3/b11-10+. The van der Waals surface area contributed by atoms with Crippen molar-refractivity contribution in [2.45, 2.75) is 11.3 Å². The molecule has 0 aliphatic rings. The van der Waals surface area contributed by atoms with E-state index in [2.05, 4.69) is 4.98 Å². The summed E-state index contributed by atoms with van der Waals surface area (Å²) in [6.07, 6.45) is 1.58. The maximum absolute atomic E-state index is 12.0. The van der Waals surface area contributed by atoms with Crippen LogP contribution in [0.4, 0.5) is 0 Å². The highest BCUT2D eigenvalue weighted by Gasteiger charge is 2.05. The van der Waals surface area contributed by atoms with Crippen LogP contribution in [-0.4, -0.2) is 17.4 Å². The molecule has 0 N–H and O–H groups in total. The van der Waals surface area contributed by atoms with E-state index in [1.54, 1.807) is 22.8 Å². The summed E-state index contributed by atoms with van der Waals surface area (Å²) >= 11 is 3.05. The average Bonchev–Trinajstić information content (AvgIpc) is 2.98. The van der Waals surface area contributed by atoms with Crippen molar-refractivity contribution in [2.75, 3.05) is 6.61 Å². The highest BCUT2D eigenvalue weighted by atomic mass is 32.2. The van der Waals surface area contributed by atoms with Gasteiger partial charge in [0.2, 0.25) is 0 Å². The molecule has 0 bridgehead atoms. The molecule has 0 saturated carbocycles. The molecule has 0 amide bonds. The zero-order chi connectivity index (χ0) is 16.1. The van der Waals surface area contributed by atoms with Crippen LogP contribution in [0.25, 0.3) is 10.2 Å². The van der Waals surface area contributed by atoms with Gasteiger partial charge in [0.25, 0.3) is 0 Å². The summed E-state index contributed by atoms with van der Waals surface area (Å²) in [7, 11) is 0. The van der Waals surface area contributed by atoms with Crippen molar-refractivity contribution in [2.24, 2.45) is 0 Å². The summed E-state index contributed by atoms with van der Waals surface area (Å²) < 4.78 is 7.49. The van der Waals surface area contributed by atoms with Gasteiger partial charge in [0.05, 0.1) is 16.8 Å². The molecule has 1 heterocycles. The summed E-state index contributed by atoms with van der Waals surface area (Å²) in [6, 6.07) is 15.1. The number of carbonyl (C=O) groups excluding carboxylic acids is 1. The molecular formula is C18H15NO2S2. The van der Waals surface area contributed by atoms with E-state index in [-0.39, 0.29) is 5.78 Å². The highest BCUT2D eigenvalue weighted by Crippen LogP contribution is 2.32. The average molecular weight is 341 g/mol. The molecule has 3 rings (SSSR count). The van der Waals surface area contributed by atoms with Crippen LogP contribution < -0.4 is 4.74 Å². The van der Waals surface area contributed by atoms with E-state index in [1.807, 2.05) is 55.5 Å². The Morgan fingerprint density at radius 1 is 1.26 bits per heavy atom. The number of hydrogen-bond acceptors (Lipinski definition) is 5. The van der Waals surface area contributed by atoms with E-state index in [0.717, 1.165) is 20.3 Å². The Bertz CT molecular complexity index is 841. The van der Waals surface area contributed by atoms with Gasteiger partial charge < -0.3 is 4.74 Å². The molecule has 0 spiro atoms. The third kappa shape index (κ3) is 4.00. The lowest BCUT2D eigenvalue weighted by atomic mass is 10.1. The summed E-state index contributed by atoms with van der Waals surface area (Å²) in [5, 5.41) is 1.79. The topological polar surface area (TPSA) is 39.2 Å². The minimum atomic E-state index is -0.00200. The molecular weight excluding hydrogens is 326 g/mol. The number of fused-ring (bicyclic) bond motifs is 1. The van der Waals surface area contributed by atoms with Crippen LogP contribution in [0.1, 0.15) is 17.3 Å². The van der Waals surface area contributed by atoms with E-state index in [9.17, 15) is 4.79 Å². The Morgan fingerprint density at radius 2 is 2.09 bits per heavy atom. The molecule has 0 fully saturated rings. The normalized spacial score (nSPS) is 11.2. The third-order valence-electron chi connectivity index (χ3n) is 3.10. The van der Waals surface area contributed by atoms with Crippen molar-refractivity contribution in [3.63, 3.8) is 0 Å². The summed E-state index contributed by atoms with van der Waals surface area (Å²) in [5.74, 6) is 0.854. The first kappa shape index (κ1) is 15.8. The number of thioether (sulfide) groups is 1. The van der Waals surface area contributed by atoms with Crippen LogP contribution >= 0.6 is 23.1 Å². The number of thiazole rings is 1. The van der Waals surface area contributed by atoms with Gasteiger partial charge in [0.1, 0.15) is 5.75 Å². The molecule has 0 aliphatic carbocycles. The second-order valence-corrected chi connectivity index (χ2v) is 6.88. The van der Waals surface area contributed by atoms with Crippen molar-refractivity contribution in [3.8, 4) is 5.75 Å². The van der Waals surface area contributed by atoms with E-state index < -0.39 is 0 Å². The zero-order valence-corrected chi connectivity index (χ0v) is 14.2. The number of ketones is 1. The fourth-order valence-electron chi connectivity index (χ4n) is 2.04. The smallest absolute Gasteiger partial charge is 0.186 e. The van der Waals surface area contributed by atoms with Crippen molar-refractivity contribution in [1.29, 1.82) is 0 Å². The molecule has 0 radical (unpaired) electrons. The molecule has 3 aromatic rings. The number of hydrogen-bond donors (Lipinski definition) is 0. The van der Waals surface area contributed by atoms with Crippen LogP contribution in [0.2, 0.25) is 0 Å². The molecule has 1 aromatic heterocycles. The first-order valence-corrected chi connectivity index (χ1v) is 8.92. The Kier molecular flexibility index (Phi) is 5.10. The SMILES string of the molecule is CCOc1ccc2nc(S/C=C/C(=O)c3ccccc3)sc2c1. The van der Waals surface area contributed by atoms with Gasteiger partial charge in [0, 0.05) is 5.56 Å². The van der Waals surface area contributed by atoms with Crippen LogP contribution in [0.3, 0.4) is 0 Å². The number of aromatic nitrogens is 1. The van der Waals surface area contributed by atoms with E-state index in [4.69, 9.17) is 4.74 Å². The maximum Gasteiger partial charge on any atom is 0.186 e. The van der Waals surface area contributed by atoms with Gasteiger partial charge in [-0.25, -0.2) is 4.98 Å². The number of ether oxygens (including phenoxy) is 1. The molecule has 0 aliphatic heterocycles. The highest BCUT2D eigenvalue weighted by molar-refractivity contribution is 8.03. The number of rotatable bonds is 6. The second-order valence-electron chi connectivity index (χ2n) is 4.69. The largest absolute Gasteiger partial charge is 0.494 e. The lowest BCUT2D eigenvalue weighted by Crippen LogP contribution is -1.92. The van der Waals surface area contributed by atoms with Crippen LogP contribution in [0.15, 0.2) is 64.4 Å². The van der Waals surface area contributed by atoms with Gasteiger partial charge in [-0.1, -0.05) is 42.1 Å². The molecule has 116 valence electrons. The lowest BCUT2D eigenvalue weighted by Gasteiger charge is -2.00.